The molecule has 1 fully saturated rings. The highest BCUT2D eigenvalue weighted by atomic mass is 19.1. The van der Waals surface area contributed by atoms with Gasteiger partial charge in [0.1, 0.15) is 5.82 Å². The molecule has 3 nitrogen and oxygen atoms in total. The molecule has 1 aliphatic rings. The number of nitrogens with one attached hydrogen (secondary N) is 1. The molecule has 0 saturated heterocycles. The monoisotopic (exact) mass is 263 g/mol. The molecule has 0 spiro atoms. The normalized spacial score (nSPS) is 16.1. The third-order valence-corrected chi connectivity index (χ3v) is 3.57. The number of carbonyl (C=O) groups is 2. The van der Waals surface area contributed by atoms with Crippen LogP contribution in [0, 0.1) is 11.7 Å². The minimum absolute atomic E-state index is 0.0129. The van der Waals surface area contributed by atoms with Crippen molar-refractivity contribution in [1.82, 2.24) is 5.32 Å². The summed E-state index contributed by atoms with van der Waals surface area (Å²) in [5.74, 6) is -0.545. The number of hydrogen-bond acceptors (Lipinski definition) is 2. The van der Waals surface area contributed by atoms with Gasteiger partial charge in [0.25, 0.3) is 0 Å². The third kappa shape index (κ3) is 3.88. The van der Waals surface area contributed by atoms with Crippen LogP contribution < -0.4 is 5.32 Å². The number of halogens is 1. The molecule has 0 radical (unpaired) electrons. The van der Waals surface area contributed by atoms with Gasteiger partial charge in [-0.05, 0) is 37.1 Å². The first-order valence-corrected chi connectivity index (χ1v) is 6.73. The van der Waals surface area contributed by atoms with Gasteiger partial charge in [0.15, 0.2) is 5.78 Å². The summed E-state index contributed by atoms with van der Waals surface area (Å²) in [6, 6.07) is 5.36. The van der Waals surface area contributed by atoms with Crippen molar-refractivity contribution in [3.8, 4) is 0 Å². The Kier molecular flexibility index (Phi) is 4.66. The summed E-state index contributed by atoms with van der Waals surface area (Å²) in [5, 5.41) is 2.68. The summed E-state index contributed by atoms with van der Waals surface area (Å²) >= 11 is 0. The molecule has 0 atom stereocenters. The molecule has 102 valence electrons. The van der Waals surface area contributed by atoms with Crippen LogP contribution >= 0.6 is 0 Å². The van der Waals surface area contributed by atoms with Crippen molar-refractivity contribution in [2.45, 2.75) is 32.1 Å². The molecule has 1 aliphatic carbocycles. The average Bonchev–Trinajstić information content (AvgIpc) is 2.46. The van der Waals surface area contributed by atoms with Crippen LogP contribution in [0.5, 0.6) is 0 Å². The summed E-state index contributed by atoms with van der Waals surface area (Å²) in [5.41, 5.74) is 0.422. The molecular formula is C15H18FNO2. The highest BCUT2D eigenvalue weighted by Crippen LogP contribution is 2.23. The molecule has 2 rings (SSSR count). The van der Waals surface area contributed by atoms with Crippen LogP contribution in [0.1, 0.15) is 42.5 Å². The molecule has 4 heteroatoms. The van der Waals surface area contributed by atoms with Gasteiger partial charge in [0, 0.05) is 11.5 Å². The van der Waals surface area contributed by atoms with Crippen molar-refractivity contribution in [2.75, 3.05) is 6.54 Å². The molecule has 1 aromatic rings. The van der Waals surface area contributed by atoms with Gasteiger partial charge < -0.3 is 5.32 Å². The lowest BCUT2D eigenvalue weighted by atomic mass is 9.88. The van der Waals surface area contributed by atoms with Crippen molar-refractivity contribution in [3.05, 3.63) is 35.6 Å². The second-order valence-corrected chi connectivity index (χ2v) is 4.98. The molecule has 0 aliphatic heterocycles. The van der Waals surface area contributed by atoms with Gasteiger partial charge in [-0.2, -0.15) is 0 Å². The summed E-state index contributed by atoms with van der Waals surface area (Å²) in [4.78, 5) is 23.7. The quantitative estimate of drug-likeness (QED) is 0.849. The number of Topliss-reactive ketones (excluding diaryl/α,β-unsaturated/α-hetero) is 1. The second kappa shape index (κ2) is 6.45. The second-order valence-electron chi connectivity index (χ2n) is 4.98. The van der Waals surface area contributed by atoms with E-state index in [0.717, 1.165) is 25.7 Å². The molecule has 0 heterocycles. The fraction of sp³-hybridized carbons (Fsp3) is 0.467. The average molecular weight is 263 g/mol. The van der Waals surface area contributed by atoms with Crippen LogP contribution in [0.4, 0.5) is 4.39 Å². The van der Waals surface area contributed by atoms with E-state index in [1.165, 1.54) is 30.7 Å². The Balaban J connectivity index is 1.82. The van der Waals surface area contributed by atoms with E-state index in [9.17, 15) is 14.0 Å². The van der Waals surface area contributed by atoms with Crippen LogP contribution in [-0.2, 0) is 4.79 Å². The predicted octanol–water partition coefficient (Wildman–Crippen LogP) is 2.70. The maximum Gasteiger partial charge on any atom is 0.223 e. The predicted molar refractivity (Wildman–Crippen MR) is 70.3 cm³/mol. The fourth-order valence-corrected chi connectivity index (χ4v) is 2.41. The minimum Gasteiger partial charge on any atom is -0.348 e. The van der Waals surface area contributed by atoms with Gasteiger partial charge in [0.05, 0.1) is 6.54 Å². The maximum atomic E-state index is 12.7. The highest BCUT2D eigenvalue weighted by molar-refractivity contribution is 5.99. The van der Waals surface area contributed by atoms with Crippen LogP contribution in [0.3, 0.4) is 0 Å². The van der Waals surface area contributed by atoms with Gasteiger partial charge in [-0.15, -0.1) is 0 Å². The molecule has 1 amide bonds. The maximum absolute atomic E-state index is 12.7. The fourth-order valence-electron chi connectivity index (χ4n) is 2.41. The lowest BCUT2D eigenvalue weighted by molar-refractivity contribution is -0.125. The number of hydrogen-bond donors (Lipinski definition) is 1. The molecular weight excluding hydrogens is 245 g/mol. The zero-order valence-electron chi connectivity index (χ0n) is 10.8. The molecule has 1 N–H and O–H groups in total. The summed E-state index contributed by atoms with van der Waals surface area (Å²) < 4.78 is 12.7. The van der Waals surface area contributed by atoms with E-state index in [4.69, 9.17) is 0 Å². The Morgan fingerprint density at radius 1 is 1.11 bits per heavy atom. The topological polar surface area (TPSA) is 46.2 Å². The van der Waals surface area contributed by atoms with Crippen molar-refractivity contribution in [3.63, 3.8) is 0 Å². The van der Waals surface area contributed by atoms with E-state index in [0.29, 0.717) is 5.56 Å². The zero-order chi connectivity index (χ0) is 13.7. The van der Waals surface area contributed by atoms with Crippen molar-refractivity contribution >= 4 is 11.7 Å². The number of amides is 1. The number of benzene rings is 1. The van der Waals surface area contributed by atoms with Crippen molar-refractivity contribution in [2.24, 2.45) is 5.92 Å². The Morgan fingerprint density at radius 3 is 2.37 bits per heavy atom. The summed E-state index contributed by atoms with van der Waals surface area (Å²) in [6.45, 7) is -0.0129. The third-order valence-electron chi connectivity index (χ3n) is 3.57. The molecule has 0 bridgehead atoms. The van der Waals surface area contributed by atoms with E-state index in [1.54, 1.807) is 0 Å². The summed E-state index contributed by atoms with van der Waals surface area (Å²) in [6.07, 6.45) is 5.19. The van der Waals surface area contributed by atoms with E-state index in [1.807, 2.05) is 0 Å². The standard InChI is InChI=1S/C15H18FNO2/c16-13-8-6-11(7-9-13)14(18)10-17-15(19)12-4-2-1-3-5-12/h6-9,12H,1-5,10H2,(H,17,19). The highest BCUT2D eigenvalue weighted by Gasteiger charge is 2.21. The van der Waals surface area contributed by atoms with Crippen LogP contribution in [0.25, 0.3) is 0 Å². The first-order chi connectivity index (χ1) is 9.16. The van der Waals surface area contributed by atoms with Gasteiger partial charge in [-0.25, -0.2) is 4.39 Å². The van der Waals surface area contributed by atoms with E-state index >= 15 is 0 Å². The van der Waals surface area contributed by atoms with Gasteiger partial charge in [-0.3, -0.25) is 9.59 Å². The SMILES string of the molecule is O=C(CNC(=O)C1CCCCC1)c1ccc(F)cc1. The van der Waals surface area contributed by atoms with Crippen LogP contribution in [-0.4, -0.2) is 18.2 Å². The number of carbonyl (C=O) groups excluding carboxylic acids is 2. The Bertz CT molecular complexity index is 450. The van der Waals surface area contributed by atoms with E-state index in [2.05, 4.69) is 5.32 Å². The van der Waals surface area contributed by atoms with Crippen LogP contribution in [0.2, 0.25) is 0 Å². The lowest BCUT2D eigenvalue weighted by Gasteiger charge is -2.20. The lowest BCUT2D eigenvalue weighted by Crippen LogP contribution is -2.35. The van der Waals surface area contributed by atoms with Crippen LogP contribution in [0.15, 0.2) is 24.3 Å². The Labute approximate surface area is 112 Å². The molecule has 0 aromatic heterocycles. The number of rotatable bonds is 4. The number of ketones is 1. The van der Waals surface area contributed by atoms with Gasteiger partial charge in [0.2, 0.25) is 5.91 Å². The van der Waals surface area contributed by atoms with Gasteiger partial charge >= 0.3 is 0 Å². The van der Waals surface area contributed by atoms with Gasteiger partial charge in [-0.1, -0.05) is 19.3 Å². The first kappa shape index (κ1) is 13.7. The zero-order valence-corrected chi connectivity index (χ0v) is 10.8. The Hall–Kier alpha value is -1.71. The largest absolute Gasteiger partial charge is 0.348 e. The Morgan fingerprint density at radius 2 is 1.74 bits per heavy atom. The van der Waals surface area contributed by atoms with E-state index in [-0.39, 0.29) is 30.0 Å². The van der Waals surface area contributed by atoms with Crippen molar-refractivity contribution < 1.29 is 14.0 Å². The molecule has 0 unspecified atom stereocenters. The molecule has 19 heavy (non-hydrogen) atoms. The smallest absolute Gasteiger partial charge is 0.223 e. The minimum atomic E-state index is -0.372. The summed E-state index contributed by atoms with van der Waals surface area (Å²) in [7, 11) is 0. The van der Waals surface area contributed by atoms with Crippen molar-refractivity contribution in [1.29, 1.82) is 0 Å². The molecule has 1 saturated carbocycles. The first-order valence-electron chi connectivity index (χ1n) is 6.73. The van der Waals surface area contributed by atoms with E-state index < -0.39 is 0 Å². The molecule has 1 aromatic carbocycles.